The van der Waals surface area contributed by atoms with Crippen LogP contribution in [0, 0.1) is 0 Å². The minimum atomic E-state index is -5.71. The molecule has 2 N–H and O–H groups in total. The van der Waals surface area contributed by atoms with Gasteiger partial charge in [0.1, 0.15) is 5.58 Å². The second-order valence-corrected chi connectivity index (χ2v) is 13.5. The van der Waals surface area contributed by atoms with Gasteiger partial charge < -0.3 is 34.3 Å². The van der Waals surface area contributed by atoms with E-state index < -0.39 is 48.9 Å². The van der Waals surface area contributed by atoms with Crippen LogP contribution in [-0.4, -0.2) is 93.0 Å². The molecule has 344 valence electrons. The van der Waals surface area contributed by atoms with Crippen molar-refractivity contribution in [1.82, 2.24) is 29.9 Å². The Morgan fingerprint density at radius 2 is 1.00 bits per heavy atom. The Balaban J connectivity index is 0.000000272. The summed E-state index contributed by atoms with van der Waals surface area (Å²) in [4.78, 5) is 25.8. The molecule has 0 aliphatic carbocycles. The van der Waals surface area contributed by atoms with Crippen molar-refractivity contribution in [3.8, 4) is 12.0 Å². The third-order valence-electron chi connectivity index (χ3n) is 8.36. The number of fused-ring (bicyclic) bond motifs is 2. The number of aromatic nitrogens is 6. The van der Waals surface area contributed by atoms with E-state index in [9.17, 15) is 52.7 Å². The summed E-state index contributed by atoms with van der Waals surface area (Å²) in [6, 6.07) is 11.6. The number of anilines is 6. The lowest BCUT2D eigenvalue weighted by Crippen LogP contribution is -2.47. The van der Waals surface area contributed by atoms with Crippen LogP contribution in [0.15, 0.2) is 64.6 Å². The highest BCUT2D eigenvalue weighted by molar-refractivity contribution is 7.17. The van der Waals surface area contributed by atoms with E-state index in [0.717, 1.165) is 15.5 Å². The van der Waals surface area contributed by atoms with Crippen LogP contribution in [0.1, 0.15) is 35.1 Å². The molecule has 4 heterocycles. The van der Waals surface area contributed by atoms with Gasteiger partial charge in [-0.1, -0.05) is 13.5 Å². The number of thiophene rings is 1. The monoisotopic (exact) mass is 930 g/mol. The van der Waals surface area contributed by atoms with E-state index in [4.69, 9.17) is 4.42 Å². The zero-order chi connectivity index (χ0) is 45.6. The molecule has 0 radical (unpaired) electrons. The smallest absolute Gasteiger partial charge is 0.434 e. The second kappa shape index (κ2) is 20.0. The maximum atomic E-state index is 12.9. The molecule has 0 bridgehead atoms. The largest absolute Gasteiger partial charge is 0.464 e. The number of alkyl halides is 12. The molecule has 13 nitrogen and oxygen atoms in total. The minimum absolute atomic E-state index is 0. The molecule has 63 heavy (non-hydrogen) atoms. The molecule has 0 spiro atoms. The van der Waals surface area contributed by atoms with Crippen LogP contribution in [0.2, 0.25) is 0 Å². The first kappa shape index (κ1) is 49.6. The Labute approximate surface area is 354 Å². The van der Waals surface area contributed by atoms with Crippen LogP contribution in [0.5, 0.6) is 12.0 Å². The van der Waals surface area contributed by atoms with Crippen LogP contribution in [0.4, 0.5) is 87.9 Å². The van der Waals surface area contributed by atoms with Gasteiger partial charge in [-0.15, -0.1) is 11.3 Å². The van der Waals surface area contributed by atoms with Crippen LogP contribution >= 0.6 is 11.3 Å². The van der Waals surface area contributed by atoms with Gasteiger partial charge in [-0.3, -0.25) is 0 Å². The third kappa shape index (κ3) is 13.0. The van der Waals surface area contributed by atoms with Gasteiger partial charge in [0.15, 0.2) is 0 Å². The molecular formula is C37H38F12N10O3S. The number of nitrogens with one attached hydrogen (secondary N) is 2. The zero-order valence-electron chi connectivity index (χ0n) is 32.5. The van der Waals surface area contributed by atoms with Crippen molar-refractivity contribution in [2.24, 2.45) is 0 Å². The number of rotatable bonds is 14. The predicted octanol–water partition coefficient (Wildman–Crippen LogP) is 11.3. The molecule has 6 rings (SSSR count). The van der Waals surface area contributed by atoms with E-state index in [0.29, 0.717) is 43.1 Å². The van der Waals surface area contributed by atoms with Crippen LogP contribution < -0.4 is 29.9 Å². The van der Waals surface area contributed by atoms with E-state index in [2.05, 4.69) is 50.0 Å². The number of hydrogen-bond acceptors (Lipinski definition) is 14. The molecule has 6 aromatic rings. The molecule has 4 aromatic heterocycles. The van der Waals surface area contributed by atoms with Crippen molar-refractivity contribution in [3.63, 3.8) is 0 Å². The first-order valence-corrected chi connectivity index (χ1v) is 19.0. The number of nitrogens with zero attached hydrogens (tertiary/aromatic N) is 8. The molecule has 26 heteroatoms. The van der Waals surface area contributed by atoms with E-state index in [-0.39, 0.29) is 31.2 Å². The van der Waals surface area contributed by atoms with Gasteiger partial charge in [-0.2, -0.15) is 82.6 Å². The van der Waals surface area contributed by atoms with Gasteiger partial charge in [0.05, 0.1) is 6.26 Å². The lowest BCUT2D eigenvalue weighted by Gasteiger charge is -2.24. The molecule has 2 aromatic carbocycles. The van der Waals surface area contributed by atoms with Gasteiger partial charge in [-0.25, -0.2) is 0 Å². The summed E-state index contributed by atoms with van der Waals surface area (Å²) in [7, 11) is 0. The van der Waals surface area contributed by atoms with Crippen LogP contribution in [0.25, 0.3) is 21.1 Å². The van der Waals surface area contributed by atoms with E-state index in [1.807, 2.05) is 11.4 Å². The molecule has 0 aliphatic heterocycles. The molecule has 0 atom stereocenters. The van der Waals surface area contributed by atoms with Gasteiger partial charge in [0, 0.05) is 53.7 Å². The Morgan fingerprint density at radius 1 is 0.571 bits per heavy atom. The molecule has 0 saturated carbocycles. The number of furan rings is 1. The summed E-state index contributed by atoms with van der Waals surface area (Å²) < 4.78 is 169. The summed E-state index contributed by atoms with van der Waals surface area (Å²) >= 11 is 1.47. The van der Waals surface area contributed by atoms with Crippen LogP contribution in [0.3, 0.4) is 0 Å². The topological polar surface area (TPSA) is 139 Å². The molecule has 0 amide bonds. The average Bonchev–Trinajstić information content (AvgIpc) is 3.85. The Kier molecular flexibility index (Phi) is 15.7. The summed E-state index contributed by atoms with van der Waals surface area (Å²) in [5.74, 6) is -0.788. The number of benzene rings is 2. The number of halogens is 12. The normalized spacial score (nSPS) is 12.2. The Hall–Kier alpha value is -6.08. The fourth-order valence-electron chi connectivity index (χ4n) is 5.38. The van der Waals surface area contributed by atoms with Crippen molar-refractivity contribution in [3.05, 3.63) is 60.2 Å². The fourth-order valence-corrected chi connectivity index (χ4v) is 6.21. The third-order valence-corrected chi connectivity index (χ3v) is 9.24. The summed E-state index contributed by atoms with van der Waals surface area (Å²) in [5, 5.41) is 9.19. The van der Waals surface area contributed by atoms with Crippen molar-refractivity contribution >= 4 is 67.6 Å². The molecule has 0 aliphatic rings. The average molecular weight is 931 g/mol. The van der Waals surface area contributed by atoms with Crippen molar-refractivity contribution < 1.29 is 66.6 Å². The van der Waals surface area contributed by atoms with Crippen molar-refractivity contribution in [2.45, 2.75) is 72.0 Å². The van der Waals surface area contributed by atoms with Gasteiger partial charge in [-0.05, 0) is 74.9 Å². The second-order valence-electron chi connectivity index (χ2n) is 12.6. The molecule has 0 fully saturated rings. The summed E-state index contributed by atoms with van der Waals surface area (Å²) in [6.45, 7) is 8.34. The van der Waals surface area contributed by atoms with Gasteiger partial charge in [0.25, 0.3) is 12.2 Å². The highest BCUT2D eigenvalue weighted by Gasteiger charge is 2.60. The first-order chi connectivity index (χ1) is 29.0. The Bertz CT molecular complexity index is 2210. The quantitative estimate of drug-likeness (QED) is 0.100. The Morgan fingerprint density at radius 3 is 1.43 bits per heavy atom. The van der Waals surface area contributed by atoms with Crippen LogP contribution in [-0.2, 0) is 0 Å². The predicted molar refractivity (Wildman–Crippen MR) is 211 cm³/mol. The molecule has 0 saturated heterocycles. The maximum absolute atomic E-state index is 12.9. The fraction of sp³-hybridized carbons (Fsp3) is 0.405. The van der Waals surface area contributed by atoms with E-state index in [1.165, 1.54) is 22.5 Å². The van der Waals surface area contributed by atoms with Gasteiger partial charge >= 0.3 is 36.7 Å². The van der Waals surface area contributed by atoms with Gasteiger partial charge in [0.2, 0.25) is 23.8 Å². The summed E-state index contributed by atoms with van der Waals surface area (Å²) in [5.41, 5.74) is 1.41. The standard InChI is InChI=1S/C18H17F6N5O2.C18H17F6N5OS.CH4/c1-3-29(4-2)15-26-14(25-11-6-5-10-7-8-30-12(10)9-11)27-16(28-15)31-13(17(19,20)21)18(22,23)24;1-3-29(4-2)15-26-14(25-11-6-5-10-7-8-31-12(10)9-11)27-16(28-15)30-13(17(19,20)21)18(22,23)24;/h2*5-9,13H,3-4H2,1-2H3,(H,25,26,27,28);1H4. The highest BCUT2D eigenvalue weighted by atomic mass is 32.1. The summed E-state index contributed by atoms with van der Waals surface area (Å²) in [6.07, 6.45) is -29.5. The zero-order valence-corrected chi connectivity index (χ0v) is 33.3. The number of ether oxygens (including phenoxy) is 2. The lowest BCUT2D eigenvalue weighted by atomic mass is 10.2. The SMILES string of the molecule is C.CCN(CC)c1nc(Nc2ccc3ccoc3c2)nc(OC(C(F)(F)F)C(F)(F)F)n1.CCN(CC)c1nc(Nc2ccc3ccsc3c2)nc(OC(C(F)(F)F)C(F)(F)F)n1. The lowest BCUT2D eigenvalue weighted by molar-refractivity contribution is -0.302. The van der Waals surface area contributed by atoms with Crippen molar-refractivity contribution in [2.75, 3.05) is 46.6 Å². The first-order valence-electron chi connectivity index (χ1n) is 18.1. The highest BCUT2D eigenvalue weighted by Crippen LogP contribution is 2.38. The molecule has 0 unspecified atom stereocenters. The van der Waals surface area contributed by atoms with E-state index in [1.54, 1.807) is 75.1 Å². The van der Waals surface area contributed by atoms with Crippen molar-refractivity contribution in [1.29, 1.82) is 0 Å². The number of hydrogen-bond donors (Lipinski definition) is 2. The maximum Gasteiger partial charge on any atom is 0.434 e. The van der Waals surface area contributed by atoms with E-state index >= 15 is 0 Å². The minimum Gasteiger partial charge on any atom is -0.464 e. The molecular weight excluding hydrogens is 893 g/mol.